The summed E-state index contributed by atoms with van der Waals surface area (Å²) >= 11 is 0. The maximum absolute atomic E-state index is 0. The zero-order valence-electron chi connectivity index (χ0n) is 2.92. The van der Waals surface area contributed by atoms with E-state index < -0.39 is 0 Å². The molecule has 9 heteroatoms. The fraction of sp³-hybridized carbons (Fsp3) is 0. The Morgan fingerprint density at radius 1 is 0.222 bits per heavy atom. The smallest absolute Gasteiger partial charge is 0 e. The Bertz CT molecular complexity index is 6.88. The maximum atomic E-state index is 0. The zero-order valence-corrected chi connectivity index (χ0v) is 14.4. The number of rotatable bonds is 0. The van der Waals surface area contributed by atoms with Crippen molar-refractivity contribution in [3.05, 3.63) is 0 Å². The molecule has 86 valence electrons. The van der Waals surface area contributed by atoms with Gasteiger partial charge >= 0.3 is 0 Å². The molecule has 0 aliphatic carbocycles. The zero-order chi connectivity index (χ0) is 0. The molecule has 0 aromatic carbocycles. The predicted molar refractivity (Wildman–Crippen MR) is 0 cm³/mol. The van der Waals surface area contributed by atoms with E-state index in [0.717, 1.165) is 0 Å². The average Bonchev–Trinajstić information content (AvgIpc) is 0. The molecule has 0 aromatic rings. The van der Waals surface area contributed by atoms with Crippen molar-refractivity contribution >= 4 is 0 Å². The Kier molecular flexibility index (Phi) is 582. The largest absolute Gasteiger partial charge is 0 e. The van der Waals surface area contributed by atoms with E-state index in [1.165, 1.54) is 0 Å². The van der Waals surface area contributed by atoms with E-state index in [0.29, 0.717) is 0 Å². The molecular formula is Gd2Ni7. The first-order chi connectivity index (χ1) is 0. The molecule has 0 aromatic heterocycles. The molecule has 0 N–H and O–H groups in total. The van der Waals surface area contributed by atoms with Crippen molar-refractivity contribution in [3.63, 3.8) is 0 Å². The Balaban J connectivity index is 0. The van der Waals surface area contributed by atoms with Crippen molar-refractivity contribution in [3.8, 4) is 0 Å². The summed E-state index contributed by atoms with van der Waals surface area (Å²) in [7, 11) is 0. The average molecular weight is 725 g/mol. The second-order valence-corrected chi connectivity index (χ2v) is 0. The van der Waals surface area contributed by atoms with Gasteiger partial charge in [-0.1, -0.05) is 0 Å². The fourth-order valence-corrected chi connectivity index (χ4v) is 0. The van der Waals surface area contributed by atoms with Crippen LogP contribution >= 0.6 is 0 Å². The summed E-state index contributed by atoms with van der Waals surface area (Å²) < 4.78 is 0. The normalized spacial score (nSPS) is 0. The second-order valence-electron chi connectivity index (χ2n) is 0. The van der Waals surface area contributed by atoms with Crippen molar-refractivity contribution in [2.24, 2.45) is 0 Å². The molecule has 0 rings (SSSR count). The molecule has 9 heavy (non-hydrogen) atoms. The van der Waals surface area contributed by atoms with E-state index in [2.05, 4.69) is 0 Å². The molecule has 0 fully saturated rings. The van der Waals surface area contributed by atoms with Gasteiger partial charge in [-0.05, 0) is 0 Å². The van der Waals surface area contributed by atoms with Gasteiger partial charge in [0, 0.05) is 195 Å². The van der Waals surface area contributed by atoms with Gasteiger partial charge in [-0.15, -0.1) is 0 Å². The summed E-state index contributed by atoms with van der Waals surface area (Å²) in [5, 5.41) is 0. The van der Waals surface area contributed by atoms with Crippen LogP contribution in [-0.2, 0) is 115 Å². The first-order valence-corrected chi connectivity index (χ1v) is 0. The third-order valence-corrected chi connectivity index (χ3v) is 0. The SMILES string of the molecule is [Gd].[Gd].[Ni].[Ni].[Ni].[Ni].[Ni].[Ni].[Ni]. The van der Waals surface area contributed by atoms with Crippen LogP contribution < -0.4 is 0 Å². The third-order valence-electron chi connectivity index (χ3n) is 0. The Morgan fingerprint density at radius 2 is 0.222 bits per heavy atom. The van der Waals surface area contributed by atoms with Crippen LogP contribution in [-0.4, -0.2) is 0 Å². The van der Waals surface area contributed by atoms with Gasteiger partial charge in [0.05, 0.1) is 0 Å². The molecule has 0 atom stereocenters. The van der Waals surface area contributed by atoms with Crippen molar-refractivity contribution in [2.45, 2.75) is 0 Å². The molecule has 0 aliphatic rings. The molecular weight excluding hydrogens is 725 g/mol. The molecule has 0 nitrogen and oxygen atoms in total. The summed E-state index contributed by atoms with van der Waals surface area (Å²) in [6, 6.07) is 0. The van der Waals surface area contributed by atoms with Crippen LogP contribution in [0.2, 0.25) is 0 Å². The van der Waals surface area contributed by atoms with Crippen LogP contribution in [0.4, 0.5) is 0 Å². The standard InChI is InChI=1S/2Gd.7Ni. The van der Waals surface area contributed by atoms with E-state index in [9.17, 15) is 0 Å². The minimum atomic E-state index is 0. The molecule has 0 unspecified atom stereocenters. The van der Waals surface area contributed by atoms with Gasteiger partial charge in [0.25, 0.3) is 0 Å². The molecule has 0 radical (unpaired) electrons. The van der Waals surface area contributed by atoms with E-state index in [1.54, 1.807) is 0 Å². The van der Waals surface area contributed by atoms with Crippen molar-refractivity contribution < 1.29 is 195 Å². The maximum Gasteiger partial charge on any atom is 0 e. The molecule has 0 saturated heterocycles. The van der Waals surface area contributed by atoms with E-state index in [4.69, 9.17) is 0 Å². The van der Waals surface area contributed by atoms with Crippen molar-refractivity contribution in [2.75, 3.05) is 0 Å². The van der Waals surface area contributed by atoms with Crippen molar-refractivity contribution in [1.29, 1.82) is 0 Å². The first kappa shape index (κ1) is 80.6. The summed E-state index contributed by atoms with van der Waals surface area (Å²) in [4.78, 5) is 0. The van der Waals surface area contributed by atoms with Gasteiger partial charge in [-0.3, -0.25) is 0 Å². The topological polar surface area (TPSA) is 0 Å². The molecule has 0 spiro atoms. The third kappa shape index (κ3) is 55.5. The van der Waals surface area contributed by atoms with Gasteiger partial charge in [0.1, 0.15) is 0 Å². The monoisotopic (exact) mass is 721 g/mol. The van der Waals surface area contributed by atoms with Crippen LogP contribution in [0.1, 0.15) is 0 Å². The summed E-state index contributed by atoms with van der Waals surface area (Å²) in [5.74, 6) is 0. The number of hydrogen-bond donors (Lipinski definition) is 0. The van der Waals surface area contributed by atoms with E-state index in [1.807, 2.05) is 0 Å². The first-order valence-electron chi connectivity index (χ1n) is 0. The Labute approximate surface area is 190 Å². The quantitative estimate of drug-likeness (QED) is 0.309. The van der Waals surface area contributed by atoms with Gasteiger partial charge in [-0.25, -0.2) is 0 Å². The fourth-order valence-electron chi connectivity index (χ4n) is 0. The summed E-state index contributed by atoms with van der Waals surface area (Å²) in [6.45, 7) is 0. The van der Waals surface area contributed by atoms with Gasteiger partial charge in [0.2, 0.25) is 0 Å². The molecule has 0 heterocycles. The van der Waals surface area contributed by atoms with Gasteiger partial charge < -0.3 is 0 Å². The van der Waals surface area contributed by atoms with E-state index in [-0.39, 0.29) is 195 Å². The number of hydrogen-bond acceptors (Lipinski definition) is 0. The summed E-state index contributed by atoms with van der Waals surface area (Å²) in [6.07, 6.45) is 0. The predicted octanol–water partition coefficient (Wildman–Crippen LogP) is -0.0175. The van der Waals surface area contributed by atoms with E-state index >= 15 is 0 Å². The minimum absolute atomic E-state index is 0. The van der Waals surface area contributed by atoms with Gasteiger partial charge in [-0.2, -0.15) is 0 Å². The molecule has 0 aliphatic heterocycles. The van der Waals surface area contributed by atoms with Crippen LogP contribution in [0.15, 0.2) is 0 Å². The van der Waals surface area contributed by atoms with Crippen molar-refractivity contribution in [1.82, 2.24) is 0 Å². The van der Waals surface area contributed by atoms with Gasteiger partial charge in [0.15, 0.2) is 0 Å². The van der Waals surface area contributed by atoms with Crippen LogP contribution in [0, 0.1) is 79.9 Å². The Hall–Kier alpha value is 6.10. The minimum Gasteiger partial charge on any atom is 0 e. The second kappa shape index (κ2) is 65.0. The molecule has 0 amide bonds. The van der Waals surface area contributed by atoms with Crippen LogP contribution in [0.3, 0.4) is 0 Å². The molecule has 0 saturated carbocycles. The Morgan fingerprint density at radius 3 is 0.222 bits per heavy atom. The van der Waals surface area contributed by atoms with Crippen LogP contribution in [0.25, 0.3) is 0 Å². The molecule has 0 bridgehead atoms. The summed E-state index contributed by atoms with van der Waals surface area (Å²) in [5.41, 5.74) is 0. The van der Waals surface area contributed by atoms with Crippen LogP contribution in [0.5, 0.6) is 0 Å².